The van der Waals surface area contributed by atoms with Gasteiger partial charge in [-0.3, -0.25) is 0 Å². The predicted octanol–water partition coefficient (Wildman–Crippen LogP) is 1.98. The van der Waals surface area contributed by atoms with Gasteiger partial charge in [0.1, 0.15) is 5.82 Å². The van der Waals surface area contributed by atoms with E-state index in [9.17, 15) is 0 Å². The van der Waals surface area contributed by atoms with Crippen molar-refractivity contribution in [2.75, 3.05) is 23.7 Å². The molecule has 0 bridgehead atoms. The Hall–Kier alpha value is -2.17. The number of nitrogen functional groups attached to an aromatic ring is 1. The van der Waals surface area contributed by atoms with Crippen molar-refractivity contribution in [3.8, 4) is 0 Å². The van der Waals surface area contributed by atoms with Crippen molar-refractivity contribution in [3.05, 3.63) is 41.6 Å². The number of anilines is 2. The third-order valence-corrected chi connectivity index (χ3v) is 3.79. The molecule has 5 heteroatoms. The lowest BCUT2D eigenvalue weighted by Crippen LogP contribution is -2.27. The average molecular weight is 282 g/mol. The zero-order valence-corrected chi connectivity index (χ0v) is 12.5. The van der Waals surface area contributed by atoms with E-state index < -0.39 is 0 Å². The van der Waals surface area contributed by atoms with Crippen LogP contribution in [-0.2, 0) is 12.8 Å². The van der Waals surface area contributed by atoms with E-state index in [-0.39, 0.29) is 0 Å². The van der Waals surface area contributed by atoms with Crippen LogP contribution in [0.5, 0.6) is 0 Å². The Morgan fingerprint density at radius 1 is 1.29 bits per heavy atom. The Labute approximate surface area is 125 Å². The van der Waals surface area contributed by atoms with Crippen LogP contribution < -0.4 is 10.6 Å². The summed E-state index contributed by atoms with van der Waals surface area (Å²) in [6, 6.07) is 3.75. The van der Waals surface area contributed by atoms with Crippen LogP contribution in [0.4, 0.5) is 11.5 Å². The normalized spacial score (nSPS) is 14.9. The van der Waals surface area contributed by atoms with E-state index >= 15 is 0 Å². The molecule has 0 unspecified atom stereocenters. The highest BCUT2D eigenvalue weighted by Crippen LogP contribution is 2.23. The van der Waals surface area contributed by atoms with Crippen LogP contribution in [0.2, 0.25) is 0 Å². The number of fused-ring (bicyclic) bond motifs is 1. The Bertz CT molecular complexity index is 638. The lowest BCUT2D eigenvalue weighted by molar-refractivity contribution is 0.746. The first kappa shape index (κ1) is 13.8. The summed E-state index contributed by atoms with van der Waals surface area (Å²) in [7, 11) is 0. The first-order valence-electron chi connectivity index (χ1n) is 7.38. The summed E-state index contributed by atoms with van der Waals surface area (Å²) < 4.78 is 0. The van der Waals surface area contributed by atoms with Gasteiger partial charge in [-0.1, -0.05) is 13.8 Å². The van der Waals surface area contributed by atoms with Crippen LogP contribution in [-0.4, -0.2) is 28.0 Å². The van der Waals surface area contributed by atoms with E-state index in [1.807, 2.05) is 12.1 Å². The summed E-state index contributed by atoms with van der Waals surface area (Å²) in [5.41, 5.74) is 8.99. The van der Waals surface area contributed by atoms with E-state index in [2.05, 4.69) is 34.9 Å². The SMILES string of the molecule is CC(C)c1n[c]c2c(n1)CCN(c1ncccc1N)CC2. The molecular formula is C16H20N5. The van der Waals surface area contributed by atoms with Crippen LogP contribution >= 0.6 is 0 Å². The molecule has 0 atom stereocenters. The minimum Gasteiger partial charge on any atom is -0.396 e. The first-order chi connectivity index (χ1) is 10.1. The number of hydrogen-bond donors (Lipinski definition) is 1. The van der Waals surface area contributed by atoms with Crippen LogP contribution in [0.1, 0.15) is 36.8 Å². The van der Waals surface area contributed by atoms with Crippen molar-refractivity contribution in [3.63, 3.8) is 0 Å². The van der Waals surface area contributed by atoms with Gasteiger partial charge in [-0.25, -0.2) is 15.0 Å². The summed E-state index contributed by atoms with van der Waals surface area (Å²) in [5, 5.41) is 0. The lowest BCUT2D eigenvalue weighted by Gasteiger charge is -2.22. The average Bonchev–Trinajstić information content (AvgIpc) is 2.69. The molecule has 2 N–H and O–H groups in total. The number of aromatic nitrogens is 3. The largest absolute Gasteiger partial charge is 0.396 e. The molecule has 0 spiro atoms. The minimum atomic E-state index is 0.331. The van der Waals surface area contributed by atoms with Crippen molar-refractivity contribution in [2.45, 2.75) is 32.6 Å². The van der Waals surface area contributed by atoms with Crippen LogP contribution in [0.25, 0.3) is 0 Å². The maximum Gasteiger partial charge on any atom is 0.151 e. The molecule has 0 aliphatic carbocycles. The van der Waals surface area contributed by atoms with E-state index in [1.165, 1.54) is 0 Å². The van der Waals surface area contributed by atoms with Gasteiger partial charge < -0.3 is 10.6 Å². The third kappa shape index (κ3) is 2.82. The number of hydrogen-bond acceptors (Lipinski definition) is 5. The summed E-state index contributed by atoms with van der Waals surface area (Å²) in [6.07, 6.45) is 6.72. The first-order valence-corrected chi connectivity index (χ1v) is 7.38. The highest BCUT2D eigenvalue weighted by Gasteiger charge is 2.19. The molecule has 0 saturated heterocycles. The minimum absolute atomic E-state index is 0.331. The fourth-order valence-electron chi connectivity index (χ4n) is 2.57. The zero-order chi connectivity index (χ0) is 14.8. The fourth-order valence-corrected chi connectivity index (χ4v) is 2.57. The molecule has 1 aliphatic heterocycles. The second kappa shape index (κ2) is 5.68. The van der Waals surface area contributed by atoms with Crippen LogP contribution in [0, 0.1) is 6.20 Å². The van der Waals surface area contributed by atoms with E-state index in [1.54, 1.807) is 6.20 Å². The maximum absolute atomic E-state index is 6.03. The Balaban J connectivity index is 1.84. The molecule has 0 amide bonds. The molecule has 2 aromatic heterocycles. The molecule has 1 radical (unpaired) electrons. The van der Waals surface area contributed by atoms with Crippen LogP contribution in [0.3, 0.4) is 0 Å². The quantitative estimate of drug-likeness (QED) is 0.912. The summed E-state index contributed by atoms with van der Waals surface area (Å²) >= 11 is 0. The summed E-state index contributed by atoms with van der Waals surface area (Å²) in [5.74, 6) is 2.07. The van der Waals surface area contributed by atoms with Crippen molar-refractivity contribution in [1.29, 1.82) is 0 Å². The van der Waals surface area contributed by atoms with Gasteiger partial charge >= 0.3 is 0 Å². The molecule has 109 valence electrons. The van der Waals surface area contributed by atoms with Gasteiger partial charge in [0.05, 0.1) is 11.9 Å². The topological polar surface area (TPSA) is 67.9 Å². The number of nitrogens with two attached hydrogens (primary N) is 1. The maximum atomic E-state index is 6.03. The highest BCUT2D eigenvalue weighted by molar-refractivity contribution is 5.62. The van der Waals surface area contributed by atoms with E-state index in [4.69, 9.17) is 10.7 Å². The third-order valence-electron chi connectivity index (χ3n) is 3.79. The second-order valence-electron chi connectivity index (χ2n) is 5.68. The van der Waals surface area contributed by atoms with Gasteiger partial charge in [0, 0.05) is 42.9 Å². The monoisotopic (exact) mass is 282 g/mol. The van der Waals surface area contributed by atoms with Gasteiger partial charge in [0.15, 0.2) is 5.82 Å². The molecule has 3 rings (SSSR count). The van der Waals surface area contributed by atoms with Crippen LogP contribution in [0.15, 0.2) is 18.3 Å². The molecule has 5 nitrogen and oxygen atoms in total. The summed E-state index contributed by atoms with van der Waals surface area (Å²) in [6.45, 7) is 5.95. The van der Waals surface area contributed by atoms with Gasteiger partial charge in [0.2, 0.25) is 0 Å². The molecule has 0 aromatic carbocycles. The Kier molecular flexibility index (Phi) is 3.73. The van der Waals surface area contributed by atoms with Gasteiger partial charge in [0.25, 0.3) is 0 Å². The number of nitrogens with zero attached hydrogens (tertiary/aromatic N) is 4. The highest BCUT2D eigenvalue weighted by atomic mass is 15.2. The molecule has 21 heavy (non-hydrogen) atoms. The van der Waals surface area contributed by atoms with Gasteiger partial charge in [-0.2, -0.15) is 0 Å². The second-order valence-corrected chi connectivity index (χ2v) is 5.68. The lowest BCUT2D eigenvalue weighted by atomic mass is 10.1. The predicted molar refractivity (Wildman–Crippen MR) is 83.2 cm³/mol. The summed E-state index contributed by atoms with van der Waals surface area (Å²) in [4.78, 5) is 15.7. The standard InChI is InChI=1S/C16H20N5/c1-11(2)15-19-10-12-5-8-21(9-6-14(12)20-15)16-13(17)4-3-7-18-16/h3-4,7,11H,5-6,8-9,17H2,1-2H3. The van der Waals surface area contributed by atoms with Crippen molar-refractivity contribution >= 4 is 11.5 Å². The number of rotatable bonds is 2. The van der Waals surface area contributed by atoms with Crippen molar-refractivity contribution in [2.24, 2.45) is 0 Å². The smallest absolute Gasteiger partial charge is 0.151 e. The molecule has 1 aliphatic rings. The van der Waals surface area contributed by atoms with Gasteiger partial charge in [-0.15, -0.1) is 0 Å². The van der Waals surface area contributed by atoms with Crippen molar-refractivity contribution < 1.29 is 0 Å². The molecule has 0 fully saturated rings. The van der Waals surface area contributed by atoms with E-state index in [0.717, 1.165) is 54.5 Å². The molecular weight excluding hydrogens is 262 g/mol. The van der Waals surface area contributed by atoms with E-state index in [0.29, 0.717) is 5.92 Å². The molecule has 3 heterocycles. The number of pyridine rings is 1. The van der Waals surface area contributed by atoms with Crippen molar-refractivity contribution in [1.82, 2.24) is 15.0 Å². The fraction of sp³-hybridized carbons (Fsp3) is 0.438. The molecule has 2 aromatic rings. The van der Waals surface area contributed by atoms with Gasteiger partial charge in [-0.05, 0) is 18.6 Å². The Morgan fingerprint density at radius 2 is 2.10 bits per heavy atom. The Morgan fingerprint density at radius 3 is 2.86 bits per heavy atom. The molecule has 0 saturated carbocycles. The zero-order valence-electron chi connectivity index (χ0n) is 12.5.